The number of esters is 1. The lowest BCUT2D eigenvalue weighted by atomic mass is 9.59. The van der Waals surface area contributed by atoms with Crippen LogP contribution in [0.3, 0.4) is 0 Å². The van der Waals surface area contributed by atoms with Gasteiger partial charge < -0.3 is 19.4 Å². The Balaban J connectivity index is 2.36. The molecular formula is C39H59FN2O7. The lowest BCUT2D eigenvalue weighted by molar-refractivity contribution is -0.188. The van der Waals surface area contributed by atoms with Crippen LogP contribution in [0.4, 0.5) is 4.39 Å². The molecule has 2 fully saturated rings. The summed E-state index contributed by atoms with van der Waals surface area (Å²) >= 11 is 0. The summed E-state index contributed by atoms with van der Waals surface area (Å²) in [6.45, 7) is 19.5. The Bertz CT molecular complexity index is 1390. The number of rotatable bonds is 6. The van der Waals surface area contributed by atoms with Gasteiger partial charge in [0, 0.05) is 30.4 Å². The Morgan fingerprint density at radius 3 is 2.29 bits per heavy atom. The van der Waals surface area contributed by atoms with E-state index in [1.165, 1.54) is 6.92 Å². The summed E-state index contributed by atoms with van der Waals surface area (Å²) in [7, 11) is 0. The van der Waals surface area contributed by atoms with Gasteiger partial charge in [-0.15, -0.1) is 0 Å². The van der Waals surface area contributed by atoms with E-state index in [1.807, 2.05) is 71.9 Å². The molecule has 49 heavy (non-hydrogen) atoms. The molecule has 1 amide bonds. The van der Waals surface area contributed by atoms with Crippen LogP contribution in [-0.2, 0) is 35.3 Å². The molecule has 0 aromatic heterocycles. The topological polar surface area (TPSA) is 124 Å². The number of carbonyl (C=O) groups is 3. The first kappa shape index (κ1) is 40.4. The summed E-state index contributed by atoms with van der Waals surface area (Å²) in [6.07, 6.45) is 0.638. The fourth-order valence-electron chi connectivity index (χ4n) is 8.60. The largest absolute Gasteiger partial charge is 0.457 e. The third kappa shape index (κ3) is 9.04. The number of ether oxygens (including phenoxy) is 2. The van der Waals surface area contributed by atoms with E-state index in [0.717, 1.165) is 12.5 Å². The first-order chi connectivity index (χ1) is 22.7. The van der Waals surface area contributed by atoms with Crippen LogP contribution in [0.1, 0.15) is 114 Å². The fourth-order valence-corrected chi connectivity index (χ4v) is 8.60. The molecule has 0 unspecified atom stereocenters. The molecule has 2 heterocycles. The van der Waals surface area contributed by atoms with Gasteiger partial charge in [-0.1, -0.05) is 90.4 Å². The zero-order chi connectivity index (χ0) is 36.9. The summed E-state index contributed by atoms with van der Waals surface area (Å²) in [5.74, 6) is -5.61. The number of oxime groups is 1. The molecule has 274 valence electrons. The summed E-state index contributed by atoms with van der Waals surface area (Å²) in [5, 5.41) is 16.9. The molecule has 2 bridgehead atoms. The van der Waals surface area contributed by atoms with Gasteiger partial charge in [-0.2, -0.15) is 0 Å². The normalized spacial score (nSPS) is 37.2. The molecular weight excluding hydrogens is 627 g/mol. The van der Waals surface area contributed by atoms with Crippen molar-refractivity contribution in [1.82, 2.24) is 0 Å². The maximum Gasteiger partial charge on any atom is 0.351 e. The van der Waals surface area contributed by atoms with Crippen molar-refractivity contribution in [1.29, 1.82) is 0 Å². The van der Waals surface area contributed by atoms with E-state index in [4.69, 9.17) is 14.3 Å². The van der Waals surface area contributed by atoms with Crippen molar-refractivity contribution in [2.45, 2.75) is 138 Å². The van der Waals surface area contributed by atoms with Gasteiger partial charge >= 0.3 is 5.97 Å². The van der Waals surface area contributed by atoms with Crippen molar-refractivity contribution in [2.24, 2.45) is 45.2 Å². The average molecular weight is 687 g/mol. The van der Waals surface area contributed by atoms with Crippen molar-refractivity contribution in [2.75, 3.05) is 6.61 Å². The predicted molar refractivity (Wildman–Crippen MR) is 189 cm³/mol. The smallest absolute Gasteiger partial charge is 0.351 e. The number of nitrogens with zero attached hydrogens (tertiary/aromatic N) is 2. The number of fused-ring (bicyclic) bond motifs is 5. The molecule has 2 aliphatic heterocycles. The van der Waals surface area contributed by atoms with Gasteiger partial charge in [-0.25, -0.2) is 14.2 Å². The second-order valence-corrected chi connectivity index (χ2v) is 15.6. The molecule has 10 heteroatoms. The predicted octanol–water partition coefficient (Wildman–Crippen LogP) is 7.47. The molecule has 2 saturated heterocycles. The van der Waals surface area contributed by atoms with E-state index in [-0.39, 0.29) is 31.5 Å². The third-order valence-corrected chi connectivity index (χ3v) is 11.3. The number of ketones is 1. The van der Waals surface area contributed by atoms with E-state index in [9.17, 15) is 19.5 Å². The lowest BCUT2D eigenvalue weighted by Crippen LogP contribution is -2.58. The molecule has 1 aromatic carbocycles. The molecule has 0 radical (unpaired) electrons. The van der Waals surface area contributed by atoms with Gasteiger partial charge in [-0.3, -0.25) is 9.59 Å². The SMILES string of the molecule is CC[C@H]1OC(=O)[C@@](C)(F)C(=O)[C@H](C)[C@@H](C(C)(C)CC)[C@@]2(C)C[C@@H](C)/C(=N\C(C)=O)[C@H](C)[C@@H](CC/C(=N\OCc3ccccc3)CO2)[C@]1(C)O. The Labute approximate surface area is 292 Å². The Morgan fingerprint density at radius 2 is 1.71 bits per heavy atom. The van der Waals surface area contributed by atoms with Gasteiger partial charge in [0.05, 0.1) is 17.9 Å². The van der Waals surface area contributed by atoms with E-state index < -0.39 is 63.8 Å². The number of amides is 1. The molecule has 9 atom stereocenters. The number of alkyl halides is 1. The Hall–Kier alpha value is -2.98. The fraction of sp³-hybridized carbons (Fsp3) is 0.718. The Kier molecular flexibility index (Phi) is 13.1. The van der Waals surface area contributed by atoms with Gasteiger partial charge in [-0.05, 0) is 69.3 Å². The van der Waals surface area contributed by atoms with Crippen LogP contribution in [0.5, 0.6) is 0 Å². The number of aliphatic imine (C=N–C) groups is 1. The number of halogens is 1. The lowest BCUT2D eigenvalue weighted by Gasteiger charge is -2.50. The standard InChI is InChI=1S/C39H59FN2O7/c1-12-31-39(11,46)30-20-19-29(42-48-22-28-17-15-14-16-18-28)23-47-37(9,21-24(3)32(25(30)4)41-27(6)43)33(36(7,8)13-2)26(5)34(44)38(10,40)35(45)49-31/h14-18,24-26,30-31,33,46H,12-13,19-23H2,1-11H3/b41-32+,42-29+/t24-,25-,26-,30-,31-,33+,37-,38+,39+/m1/s1. The second-order valence-electron chi connectivity index (χ2n) is 15.6. The molecule has 0 saturated carbocycles. The number of aliphatic hydroxyl groups is 1. The summed E-state index contributed by atoms with van der Waals surface area (Å²) in [4.78, 5) is 50.9. The highest BCUT2D eigenvalue weighted by molar-refractivity contribution is 6.07. The van der Waals surface area contributed by atoms with Crippen LogP contribution < -0.4 is 0 Å². The van der Waals surface area contributed by atoms with E-state index in [1.54, 1.807) is 20.8 Å². The summed E-state index contributed by atoms with van der Waals surface area (Å²) < 4.78 is 29.3. The second kappa shape index (κ2) is 15.9. The number of benzene rings is 1. The molecule has 2 aliphatic rings. The molecule has 0 spiro atoms. The van der Waals surface area contributed by atoms with Crippen LogP contribution in [-0.4, -0.2) is 63.8 Å². The number of carbonyl (C=O) groups excluding carboxylic acids is 3. The minimum absolute atomic E-state index is 0.0528. The summed E-state index contributed by atoms with van der Waals surface area (Å²) in [6, 6.07) is 9.66. The average Bonchev–Trinajstić information content (AvgIpc) is 3.04. The molecule has 0 aliphatic carbocycles. The first-order valence-corrected chi connectivity index (χ1v) is 17.8. The zero-order valence-corrected chi connectivity index (χ0v) is 31.5. The molecule has 3 rings (SSSR count). The van der Waals surface area contributed by atoms with Crippen molar-refractivity contribution in [3.63, 3.8) is 0 Å². The van der Waals surface area contributed by atoms with E-state index >= 15 is 4.39 Å². The number of hydrogen-bond acceptors (Lipinski definition) is 8. The van der Waals surface area contributed by atoms with Crippen LogP contribution in [0, 0.1) is 35.0 Å². The monoisotopic (exact) mass is 686 g/mol. The van der Waals surface area contributed by atoms with Gasteiger partial charge in [0.2, 0.25) is 5.91 Å². The summed E-state index contributed by atoms with van der Waals surface area (Å²) in [5.41, 5.74) is -4.21. The van der Waals surface area contributed by atoms with E-state index in [2.05, 4.69) is 10.1 Å². The quantitative estimate of drug-likeness (QED) is 0.187. The van der Waals surface area contributed by atoms with Crippen molar-refractivity contribution in [3.05, 3.63) is 35.9 Å². The van der Waals surface area contributed by atoms with E-state index in [0.29, 0.717) is 37.1 Å². The van der Waals surface area contributed by atoms with Crippen LogP contribution in [0.2, 0.25) is 0 Å². The van der Waals surface area contributed by atoms with Crippen molar-refractivity contribution in [3.8, 4) is 0 Å². The molecule has 9 nitrogen and oxygen atoms in total. The maximum atomic E-state index is 16.6. The van der Waals surface area contributed by atoms with Crippen LogP contribution in [0.25, 0.3) is 0 Å². The highest BCUT2D eigenvalue weighted by atomic mass is 19.1. The van der Waals surface area contributed by atoms with Crippen molar-refractivity contribution >= 4 is 29.1 Å². The minimum atomic E-state index is -2.97. The third-order valence-electron chi connectivity index (χ3n) is 11.3. The maximum absolute atomic E-state index is 16.6. The van der Waals surface area contributed by atoms with Gasteiger partial charge in [0.25, 0.3) is 5.67 Å². The highest BCUT2D eigenvalue weighted by Crippen LogP contribution is 2.50. The number of Topliss-reactive ketones (excluding diaryl/α,β-unsaturated/α-hetero) is 1. The Morgan fingerprint density at radius 1 is 1.08 bits per heavy atom. The highest BCUT2D eigenvalue weighted by Gasteiger charge is 2.57. The minimum Gasteiger partial charge on any atom is -0.457 e. The van der Waals surface area contributed by atoms with Gasteiger partial charge in [0.15, 0.2) is 5.78 Å². The molecule has 1 aromatic rings. The van der Waals surface area contributed by atoms with Crippen molar-refractivity contribution < 1.29 is 38.2 Å². The van der Waals surface area contributed by atoms with Crippen LogP contribution >= 0.6 is 0 Å². The molecule has 1 N–H and O–H groups in total. The number of cyclic esters (lactones) is 1. The van der Waals surface area contributed by atoms with Crippen LogP contribution in [0.15, 0.2) is 40.5 Å². The zero-order valence-electron chi connectivity index (χ0n) is 31.5. The number of hydrogen-bond donors (Lipinski definition) is 1. The first-order valence-electron chi connectivity index (χ1n) is 17.8. The van der Waals surface area contributed by atoms with Gasteiger partial charge in [0.1, 0.15) is 18.3 Å².